The molecule has 0 aromatic carbocycles. The van der Waals surface area contributed by atoms with Gasteiger partial charge in [-0.1, -0.05) is 6.92 Å². The first-order valence-corrected chi connectivity index (χ1v) is 4.37. The van der Waals surface area contributed by atoms with Gasteiger partial charge in [0.2, 0.25) is 0 Å². The number of nitrogens with zero attached hydrogens (tertiary/aromatic N) is 2. The van der Waals surface area contributed by atoms with E-state index in [1.54, 1.807) is 8.98 Å². The molecule has 1 aromatic rings. The second-order valence-electron chi connectivity index (χ2n) is 2.30. The molecule has 1 rings (SSSR count). The Labute approximate surface area is 79.0 Å². The summed E-state index contributed by atoms with van der Waals surface area (Å²) >= 11 is 1.97. The van der Waals surface area contributed by atoms with Crippen LogP contribution in [0.25, 0.3) is 0 Å². The molecule has 0 amide bonds. The number of hydrogen-bond donors (Lipinski definition) is 0. The van der Waals surface area contributed by atoms with Gasteiger partial charge in [0, 0.05) is 11.9 Å². The van der Waals surface area contributed by atoms with Crippen molar-refractivity contribution in [2.24, 2.45) is 0 Å². The summed E-state index contributed by atoms with van der Waals surface area (Å²) in [6.07, 6.45) is 2.49. The Kier molecular flexibility index (Phi) is 2.64. The number of halogens is 1. The number of aryl methyl sites for hydroxylation is 1. The third kappa shape index (κ3) is 1.61. The van der Waals surface area contributed by atoms with E-state index in [2.05, 4.69) is 4.98 Å². The van der Waals surface area contributed by atoms with E-state index in [-0.39, 0.29) is 5.69 Å². The first kappa shape index (κ1) is 8.70. The van der Waals surface area contributed by atoms with E-state index in [1.807, 2.05) is 36.7 Å². The van der Waals surface area contributed by atoms with Crippen molar-refractivity contribution in [3.05, 3.63) is 27.9 Å². The number of aromatic nitrogens is 2. The van der Waals surface area contributed by atoms with Crippen molar-refractivity contribution in [1.82, 2.24) is 7.76 Å². The molecule has 0 aliphatic heterocycles. The molecule has 0 spiro atoms. The average Bonchev–Trinajstić information content (AvgIpc) is 1.99. The van der Waals surface area contributed by atoms with E-state index in [4.69, 9.17) is 0 Å². The maximum absolute atomic E-state index is 11.0. The van der Waals surface area contributed by atoms with Crippen LogP contribution in [0.3, 0.4) is 0 Å². The highest BCUT2D eigenvalue weighted by Gasteiger charge is 2.02. The minimum Gasteiger partial charge on any atom is -0.245 e. The first-order chi connectivity index (χ1) is 5.16. The summed E-state index contributed by atoms with van der Waals surface area (Å²) in [5.41, 5.74) is 1.93. The van der Waals surface area contributed by atoms with Crippen LogP contribution < -0.4 is 5.69 Å². The van der Waals surface area contributed by atoms with Crippen LogP contribution >= 0.6 is 22.9 Å². The van der Waals surface area contributed by atoms with Gasteiger partial charge < -0.3 is 0 Å². The molecule has 0 aliphatic rings. The normalized spacial score (nSPS) is 10.1. The molecule has 0 aliphatic carbocycles. The Morgan fingerprint density at radius 1 is 1.73 bits per heavy atom. The van der Waals surface area contributed by atoms with Crippen molar-refractivity contribution >= 4 is 22.9 Å². The van der Waals surface area contributed by atoms with Gasteiger partial charge in [0.05, 0.1) is 22.9 Å². The maximum Gasteiger partial charge on any atom is 0.356 e. The van der Waals surface area contributed by atoms with Gasteiger partial charge in [0.15, 0.2) is 0 Å². The largest absolute Gasteiger partial charge is 0.356 e. The van der Waals surface area contributed by atoms with E-state index in [0.29, 0.717) is 0 Å². The van der Waals surface area contributed by atoms with Crippen LogP contribution in [0.5, 0.6) is 0 Å². The van der Waals surface area contributed by atoms with Crippen LogP contribution in [-0.2, 0) is 6.42 Å². The summed E-state index contributed by atoms with van der Waals surface area (Å²) in [6, 6.07) is 0. The third-order valence-electron chi connectivity index (χ3n) is 1.56. The zero-order valence-electron chi connectivity index (χ0n) is 6.47. The third-order valence-corrected chi connectivity index (χ3v) is 2.56. The SMILES string of the molecule is CCc1c(C)cnc(=O)n1I. The van der Waals surface area contributed by atoms with Gasteiger partial charge in [0.1, 0.15) is 0 Å². The van der Waals surface area contributed by atoms with Gasteiger partial charge in [-0.15, -0.1) is 0 Å². The van der Waals surface area contributed by atoms with Crippen molar-refractivity contribution in [3.8, 4) is 0 Å². The molecule has 0 bridgehead atoms. The lowest BCUT2D eigenvalue weighted by Crippen LogP contribution is -2.19. The van der Waals surface area contributed by atoms with Crippen molar-refractivity contribution in [1.29, 1.82) is 0 Å². The summed E-state index contributed by atoms with van der Waals surface area (Å²) in [4.78, 5) is 14.7. The molecule has 0 saturated heterocycles. The van der Waals surface area contributed by atoms with Crippen molar-refractivity contribution < 1.29 is 0 Å². The van der Waals surface area contributed by atoms with Crippen LogP contribution in [0.1, 0.15) is 18.2 Å². The van der Waals surface area contributed by atoms with E-state index in [0.717, 1.165) is 17.7 Å². The Morgan fingerprint density at radius 3 is 2.82 bits per heavy atom. The topological polar surface area (TPSA) is 34.9 Å². The standard InChI is InChI=1S/C7H9IN2O/c1-3-6-5(2)4-9-7(11)10(6)8/h4H,3H2,1-2H3. The van der Waals surface area contributed by atoms with Crippen LogP contribution in [-0.4, -0.2) is 7.76 Å². The summed E-state index contributed by atoms with van der Waals surface area (Å²) in [7, 11) is 0. The molecule has 0 fully saturated rings. The van der Waals surface area contributed by atoms with Crippen LogP contribution in [0.15, 0.2) is 11.0 Å². The molecule has 3 nitrogen and oxygen atoms in total. The highest BCUT2D eigenvalue weighted by atomic mass is 127. The van der Waals surface area contributed by atoms with Crippen molar-refractivity contribution in [3.63, 3.8) is 0 Å². The Hall–Kier alpha value is -0.390. The molecular weight excluding hydrogens is 255 g/mol. The smallest absolute Gasteiger partial charge is 0.245 e. The van der Waals surface area contributed by atoms with Crippen molar-refractivity contribution in [2.45, 2.75) is 20.3 Å². The van der Waals surface area contributed by atoms with Gasteiger partial charge in [-0.05, 0) is 18.9 Å². The van der Waals surface area contributed by atoms with Crippen LogP contribution in [0.4, 0.5) is 0 Å². The monoisotopic (exact) mass is 264 g/mol. The summed E-state index contributed by atoms with van der Waals surface area (Å²) < 4.78 is 1.56. The van der Waals surface area contributed by atoms with E-state index < -0.39 is 0 Å². The van der Waals surface area contributed by atoms with Gasteiger partial charge in [-0.3, -0.25) is 0 Å². The van der Waals surface area contributed by atoms with Gasteiger partial charge in [0.25, 0.3) is 0 Å². The van der Waals surface area contributed by atoms with E-state index in [9.17, 15) is 4.79 Å². The predicted molar refractivity (Wildman–Crippen MR) is 52.0 cm³/mol. The molecule has 11 heavy (non-hydrogen) atoms. The zero-order valence-corrected chi connectivity index (χ0v) is 8.62. The second-order valence-corrected chi connectivity index (χ2v) is 3.27. The highest BCUT2D eigenvalue weighted by molar-refractivity contribution is 14.1. The molecule has 0 unspecified atom stereocenters. The molecule has 4 heteroatoms. The van der Waals surface area contributed by atoms with Crippen LogP contribution in [0.2, 0.25) is 0 Å². The molecule has 0 radical (unpaired) electrons. The quantitative estimate of drug-likeness (QED) is 0.717. The molecule has 60 valence electrons. The fourth-order valence-corrected chi connectivity index (χ4v) is 1.81. The fourth-order valence-electron chi connectivity index (χ4n) is 0.965. The Morgan fingerprint density at radius 2 is 2.36 bits per heavy atom. The molecule has 0 atom stereocenters. The van der Waals surface area contributed by atoms with Crippen molar-refractivity contribution in [2.75, 3.05) is 0 Å². The molecule has 0 saturated carbocycles. The van der Waals surface area contributed by atoms with Gasteiger partial charge in [-0.25, -0.2) is 12.6 Å². The Balaban J connectivity index is 3.41. The summed E-state index contributed by atoms with van der Waals surface area (Å²) in [5.74, 6) is 0. The average molecular weight is 264 g/mol. The molecule has 1 aromatic heterocycles. The number of rotatable bonds is 1. The Bertz CT molecular complexity index is 319. The zero-order chi connectivity index (χ0) is 8.43. The van der Waals surface area contributed by atoms with E-state index >= 15 is 0 Å². The van der Waals surface area contributed by atoms with Crippen LogP contribution in [0, 0.1) is 6.92 Å². The predicted octanol–water partition coefficient (Wildman–Crippen LogP) is 1.31. The van der Waals surface area contributed by atoms with Gasteiger partial charge in [-0.2, -0.15) is 0 Å². The second kappa shape index (κ2) is 3.34. The first-order valence-electron chi connectivity index (χ1n) is 3.40. The maximum atomic E-state index is 11.0. The summed E-state index contributed by atoms with van der Waals surface area (Å²) in [6.45, 7) is 3.98. The lowest BCUT2D eigenvalue weighted by atomic mass is 10.2. The molecular formula is C7H9IN2O. The number of hydrogen-bond acceptors (Lipinski definition) is 2. The highest BCUT2D eigenvalue weighted by Crippen LogP contribution is 2.06. The minimum atomic E-state index is -0.187. The lowest BCUT2D eigenvalue weighted by molar-refractivity contribution is 0.914. The lowest BCUT2D eigenvalue weighted by Gasteiger charge is -2.04. The van der Waals surface area contributed by atoms with E-state index in [1.165, 1.54) is 0 Å². The summed E-state index contributed by atoms with van der Waals surface area (Å²) in [5, 5.41) is 0. The fraction of sp³-hybridized carbons (Fsp3) is 0.429. The molecule has 0 N–H and O–H groups in total. The molecule has 1 heterocycles. The minimum absolute atomic E-state index is 0.187. The van der Waals surface area contributed by atoms with Gasteiger partial charge >= 0.3 is 5.69 Å².